The molecule has 0 aromatic heterocycles. The SMILES string of the molecule is CCCCC(CC)COC(=O)CC(C(=O)OCC(CC)CCCC)S(=O)(=O)O.NC(=S)S.[H-].[Na+].[Zn]. The molecule has 0 saturated heterocycles. The molecule has 0 rings (SSSR count). The Labute approximate surface area is 253 Å². The van der Waals surface area contributed by atoms with Crippen LogP contribution in [0.3, 0.4) is 0 Å². The minimum absolute atomic E-state index is 0. The van der Waals surface area contributed by atoms with Crippen LogP contribution in [0.1, 0.15) is 86.9 Å². The number of unbranched alkanes of at least 4 members (excludes halogenated alkanes) is 2. The molecular formula is C21H42NNaO7S3Zn. The molecule has 0 amide bonds. The Hall–Kier alpha value is 0.713. The van der Waals surface area contributed by atoms with E-state index < -0.39 is 33.7 Å². The third-order valence-corrected chi connectivity index (χ3v) is 6.08. The van der Waals surface area contributed by atoms with Gasteiger partial charge in [0.25, 0.3) is 10.1 Å². The van der Waals surface area contributed by atoms with Gasteiger partial charge in [0.1, 0.15) is 4.32 Å². The molecule has 0 aliphatic carbocycles. The molecule has 0 aliphatic heterocycles. The number of rotatable bonds is 16. The van der Waals surface area contributed by atoms with Crippen LogP contribution in [0.4, 0.5) is 0 Å². The number of esters is 2. The van der Waals surface area contributed by atoms with Gasteiger partial charge in [-0.15, -0.1) is 12.6 Å². The first kappa shape index (κ1) is 41.8. The Bertz CT molecular complexity index is 657. The average molecular weight is 605 g/mol. The van der Waals surface area contributed by atoms with Gasteiger partial charge in [-0.25, -0.2) is 0 Å². The maximum Gasteiger partial charge on any atom is 1.00 e. The van der Waals surface area contributed by atoms with Crippen molar-refractivity contribution in [2.24, 2.45) is 17.6 Å². The predicted molar refractivity (Wildman–Crippen MR) is 135 cm³/mol. The van der Waals surface area contributed by atoms with Gasteiger partial charge in [0.05, 0.1) is 19.6 Å². The van der Waals surface area contributed by atoms with Crippen LogP contribution in [-0.4, -0.2) is 47.7 Å². The summed E-state index contributed by atoms with van der Waals surface area (Å²) in [4.78, 5) is 24.2. The van der Waals surface area contributed by atoms with E-state index >= 15 is 0 Å². The van der Waals surface area contributed by atoms with Crippen LogP contribution >= 0.6 is 24.8 Å². The van der Waals surface area contributed by atoms with Crippen LogP contribution in [0.5, 0.6) is 0 Å². The number of hydrogen-bond acceptors (Lipinski definition) is 7. The number of thiocarbonyl (C=S) groups is 1. The van der Waals surface area contributed by atoms with E-state index in [9.17, 15) is 22.6 Å². The number of ether oxygens (including phenoxy) is 2. The zero-order valence-corrected chi connectivity index (χ0v) is 28.9. The van der Waals surface area contributed by atoms with Gasteiger partial charge >= 0.3 is 41.5 Å². The van der Waals surface area contributed by atoms with E-state index in [1.54, 1.807) is 0 Å². The van der Waals surface area contributed by atoms with Crippen LogP contribution in [0, 0.1) is 11.8 Å². The smallest absolute Gasteiger partial charge is 1.00 e. The topological polar surface area (TPSA) is 133 Å². The Morgan fingerprint density at radius 3 is 1.71 bits per heavy atom. The van der Waals surface area contributed by atoms with Crippen molar-refractivity contribution in [3.63, 3.8) is 0 Å². The summed E-state index contributed by atoms with van der Waals surface area (Å²) in [5.74, 6) is -1.61. The van der Waals surface area contributed by atoms with Gasteiger partial charge in [-0.2, -0.15) is 8.42 Å². The third kappa shape index (κ3) is 24.4. The third-order valence-electron chi connectivity index (χ3n) is 5.00. The molecule has 0 aliphatic rings. The fourth-order valence-electron chi connectivity index (χ4n) is 2.82. The van der Waals surface area contributed by atoms with E-state index in [0.29, 0.717) is 0 Å². The predicted octanol–water partition coefficient (Wildman–Crippen LogP) is 1.43. The molecule has 3 atom stereocenters. The number of carbonyl (C=O) groups excluding carboxylic acids is 2. The maximum atomic E-state index is 12.2. The Morgan fingerprint density at radius 1 is 1.00 bits per heavy atom. The van der Waals surface area contributed by atoms with Gasteiger partial charge in [0, 0.05) is 19.5 Å². The van der Waals surface area contributed by atoms with Crippen molar-refractivity contribution in [3.8, 4) is 0 Å². The number of hydrogen-bond donors (Lipinski definition) is 3. The second kappa shape index (κ2) is 25.4. The van der Waals surface area contributed by atoms with Crippen molar-refractivity contribution in [2.75, 3.05) is 13.2 Å². The summed E-state index contributed by atoms with van der Waals surface area (Å²) in [6.07, 6.45) is 6.74. The Balaban J connectivity index is -0.000000395. The van der Waals surface area contributed by atoms with Gasteiger partial charge in [-0.05, 0) is 24.7 Å². The van der Waals surface area contributed by atoms with Crippen LogP contribution in [0.15, 0.2) is 0 Å². The molecule has 3 N–H and O–H groups in total. The van der Waals surface area contributed by atoms with Gasteiger partial charge in [0.15, 0.2) is 5.25 Å². The molecule has 34 heavy (non-hydrogen) atoms. The molecule has 0 bridgehead atoms. The maximum absolute atomic E-state index is 12.2. The van der Waals surface area contributed by atoms with E-state index in [1.165, 1.54) is 0 Å². The van der Waals surface area contributed by atoms with Gasteiger partial charge in [-0.1, -0.05) is 78.4 Å². The Kier molecular flexibility index (Phi) is 31.2. The van der Waals surface area contributed by atoms with Crippen LogP contribution in [0.2, 0.25) is 0 Å². The molecular weight excluding hydrogens is 563 g/mol. The van der Waals surface area contributed by atoms with Crippen molar-refractivity contribution in [1.82, 2.24) is 0 Å². The van der Waals surface area contributed by atoms with E-state index in [4.69, 9.17) is 15.2 Å². The van der Waals surface area contributed by atoms with Crippen LogP contribution in [-0.2, 0) is 48.7 Å². The fraction of sp³-hybridized carbons (Fsp3) is 0.857. The molecule has 0 spiro atoms. The van der Waals surface area contributed by atoms with Crippen molar-refractivity contribution >= 4 is 51.2 Å². The van der Waals surface area contributed by atoms with Crippen LogP contribution < -0.4 is 35.3 Å². The second-order valence-corrected chi connectivity index (χ2v) is 10.5. The van der Waals surface area contributed by atoms with E-state index in [-0.39, 0.29) is 79.8 Å². The largest absolute Gasteiger partial charge is 1.00 e. The van der Waals surface area contributed by atoms with Crippen molar-refractivity contribution in [3.05, 3.63) is 0 Å². The summed E-state index contributed by atoms with van der Waals surface area (Å²) < 4.78 is 43.0. The molecule has 3 unspecified atom stereocenters. The summed E-state index contributed by atoms with van der Waals surface area (Å²) in [5, 5.41) is -1.95. The Morgan fingerprint density at radius 2 is 1.38 bits per heavy atom. The molecule has 0 radical (unpaired) electrons. The summed E-state index contributed by atoms with van der Waals surface area (Å²) >= 11 is 7.65. The van der Waals surface area contributed by atoms with Crippen molar-refractivity contribution in [1.29, 1.82) is 0 Å². The number of carbonyl (C=O) groups is 2. The van der Waals surface area contributed by atoms with Gasteiger partial charge in [-0.3, -0.25) is 14.1 Å². The monoisotopic (exact) mass is 603 g/mol. The number of thiol groups is 1. The first-order valence-corrected chi connectivity index (χ1v) is 13.5. The second-order valence-electron chi connectivity index (χ2n) is 7.69. The molecule has 0 heterocycles. The summed E-state index contributed by atoms with van der Waals surface area (Å²) in [5.41, 5.74) is 4.71. The first-order valence-electron chi connectivity index (χ1n) is 11.2. The van der Waals surface area contributed by atoms with E-state index in [2.05, 4.69) is 38.7 Å². The molecule has 0 saturated carbocycles. The summed E-state index contributed by atoms with van der Waals surface area (Å²) in [7, 11) is -4.76. The summed E-state index contributed by atoms with van der Waals surface area (Å²) in [6, 6.07) is 0. The van der Waals surface area contributed by atoms with Crippen molar-refractivity contribution < 1.29 is 82.5 Å². The zero-order valence-electron chi connectivity index (χ0n) is 22.5. The normalized spacial score (nSPS) is 13.0. The van der Waals surface area contributed by atoms with E-state index in [1.807, 2.05) is 13.8 Å². The molecule has 0 aromatic rings. The van der Waals surface area contributed by atoms with Crippen LogP contribution in [0.25, 0.3) is 0 Å². The van der Waals surface area contributed by atoms with Gasteiger partial charge < -0.3 is 16.6 Å². The molecule has 194 valence electrons. The molecule has 8 nitrogen and oxygen atoms in total. The molecule has 13 heteroatoms. The minimum atomic E-state index is -4.76. The van der Waals surface area contributed by atoms with E-state index in [0.717, 1.165) is 51.4 Å². The quantitative estimate of drug-likeness (QED) is 0.0786. The standard InChI is InChI=1S/C20H38O7S.CH3NS2.Na.Zn.H/c1-5-9-11-16(7-3)14-26-19(21)13-18(28(23,24)25)20(22)27-15-17(8-4)12-10-6-2;2-1(3)4;;;/h16-18H,5-15H2,1-4H3,(H,23,24,25);(H3,2,3,4);;;/q;;+1;;-1. The summed E-state index contributed by atoms with van der Waals surface area (Å²) in [6.45, 7) is 8.35. The fourth-order valence-corrected chi connectivity index (χ4v) is 3.48. The average Bonchev–Trinajstić information content (AvgIpc) is 2.70. The van der Waals surface area contributed by atoms with Gasteiger partial charge in [0.2, 0.25) is 0 Å². The minimum Gasteiger partial charge on any atom is -1.00 e. The van der Waals surface area contributed by atoms with Crippen molar-refractivity contribution in [2.45, 2.75) is 90.7 Å². The molecule has 0 fully saturated rings. The molecule has 0 aromatic carbocycles. The first-order chi connectivity index (χ1) is 14.9. The number of nitrogens with two attached hydrogens (primary N) is 1. The zero-order chi connectivity index (χ0) is 25.2.